The lowest BCUT2D eigenvalue weighted by atomic mass is 9.87. The summed E-state index contributed by atoms with van der Waals surface area (Å²) < 4.78 is 5.14. The molecule has 2 aromatic carbocycles. The predicted molar refractivity (Wildman–Crippen MR) is 126 cm³/mol. The van der Waals surface area contributed by atoms with Crippen molar-refractivity contribution >= 4 is 11.7 Å². The second-order valence-electron chi connectivity index (χ2n) is 7.74. The Bertz CT molecular complexity index is 911. The number of hydrogen-bond donors (Lipinski definition) is 2. The molecule has 0 bridgehead atoms. The van der Waals surface area contributed by atoms with Crippen LogP contribution in [0.2, 0.25) is 0 Å². The van der Waals surface area contributed by atoms with Crippen LogP contribution in [0.1, 0.15) is 49.1 Å². The molecule has 0 aliphatic heterocycles. The van der Waals surface area contributed by atoms with E-state index in [1.54, 1.807) is 37.6 Å². The van der Waals surface area contributed by atoms with Crippen LogP contribution in [0.15, 0.2) is 79.1 Å². The van der Waals surface area contributed by atoms with Crippen LogP contribution >= 0.6 is 0 Å². The number of carbonyl (C=O) groups is 1. The van der Waals surface area contributed by atoms with Crippen molar-refractivity contribution < 1.29 is 14.7 Å². The second kappa shape index (κ2) is 12.5. The molecule has 0 radical (unpaired) electrons. The van der Waals surface area contributed by atoms with Crippen molar-refractivity contribution in [3.8, 4) is 5.75 Å². The number of unbranched alkanes of at least 4 members (excludes halogenated alkanes) is 3. The zero-order valence-electron chi connectivity index (χ0n) is 18.5. The lowest BCUT2D eigenvalue weighted by Gasteiger charge is -2.18. The number of aromatic nitrogens is 1. The number of rotatable bonds is 11. The van der Waals surface area contributed by atoms with E-state index in [9.17, 15) is 10.0 Å². The third-order valence-corrected chi connectivity index (χ3v) is 5.46. The van der Waals surface area contributed by atoms with Gasteiger partial charge in [0.15, 0.2) is 0 Å². The maximum absolute atomic E-state index is 12.2. The number of ether oxygens (including phenoxy) is 1. The number of nitrogens with one attached hydrogen (secondary N) is 1. The van der Waals surface area contributed by atoms with E-state index < -0.39 is 6.03 Å². The molecule has 1 unspecified atom stereocenters. The zero-order chi connectivity index (χ0) is 22.6. The molecule has 0 fully saturated rings. The summed E-state index contributed by atoms with van der Waals surface area (Å²) in [5.74, 6) is 0.972. The van der Waals surface area contributed by atoms with Gasteiger partial charge in [-0.25, -0.2) is 9.86 Å². The molecule has 0 aliphatic carbocycles. The Hall–Kier alpha value is -3.38. The minimum Gasteiger partial charge on any atom is -0.497 e. The summed E-state index contributed by atoms with van der Waals surface area (Å²) in [5, 5.41) is 13.4. The topological polar surface area (TPSA) is 74.7 Å². The molecule has 0 aliphatic rings. The van der Waals surface area contributed by atoms with Gasteiger partial charge >= 0.3 is 6.03 Å². The van der Waals surface area contributed by atoms with E-state index in [4.69, 9.17) is 4.74 Å². The van der Waals surface area contributed by atoms with Crippen molar-refractivity contribution in [2.24, 2.45) is 0 Å². The predicted octanol–water partition coefficient (Wildman–Crippen LogP) is 6.10. The maximum atomic E-state index is 12.2. The van der Waals surface area contributed by atoms with Gasteiger partial charge in [0.25, 0.3) is 0 Å². The summed E-state index contributed by atoms with van der Waals surface area (Å²) >= 11 is 0. The number of hydrogen-bond acceptors (Lipinski definition) is 4. The zero-order valence-corrected chi connectivity index (χ0v) is 18.5. The van der Waals surface area contributed by atoms with Gasteiger partial charge in [-0.3, -0.25) is 10.2 Å². The van der Waals surface area contributed by atoms with Crippen LogP contribution in [0, 0.1) is 0 Å². The molecule has 2 amide bonds. The van der Waals surface area contributed by atoms with Gasteiger partial charge in [0.1, 0.15) is 5.75 Å². The fraction of sp³-hybridized carbons (Fsp3) is 0.308. The number of hydroxylamine groups is 2. The Balaban J connectivity index is 1.40. The Kier molecular flexibility index (Phi) is 9.07. The number of pyridine rings is 1. The minimum atomic E-state index is -0.543. The van der Waals surface area contributed by atoms with Crippen molar-refractivity contribution in [2.45, 2.75) is 38.0 Å². The van der Waals surface area contributed by atoms with E-state index in [2.05, 4.69) is 40.6 Å². The molecule has 3 aromatic rings. The number of nitrogens with zero attached hydrogens (tertiary/aromatic N) is 2. The summed E-state index contributed by atoms with van der Waals surface area (Å²) in [5.41, 5.74) is 3.11. The van der Waals surface area contributed by atoms with Crippen molar-refractivity contribution in [3.05, 3.63) is 90.3 Å². The highest BCUT2D eigenvalue weighted by atomic mass is 16.5. The number of benzene rings is 2. The molecule has 6 heteroatoms. The lowest BCUT2D eigenvalue weighted by molar-refractivity contribution is -0.0382. The highest BCUT2D eigenvalue weighted by Gasteiger charge is 2.14. The Morgan fingerprint density at radius 2 is 1.78 bits per heavy atom. The number of anilines is 1. The molecular weight excluding hydrogens is 402 g/mol. The Labute approximate surface area is 189 Å². The van der Waals surface area contributed by atoms with Gasteiger partial charge in [-0.2, -0.15) is 0 Å². The molecule has 1 aromatic heterocycles. The van der Waals surface area contributed by atoms with E-state index >= 15 is 0 Å². The van der Waals surface area contributed by atoms with Crippen LogP contribution in [-0.4, -0.2) is 34.9 Å². The first-order chi connectivity index (χ1) is 15.7. The van der Waals surface area contributed by atoms with Gasteiger partial charge in [-0.05, 0) is 42.2 Å². The van der Waals surface area contributed by atoms with E-state index in [1.165, 1.54) is 11.1 Å². The Morgan fingerprint density at radius 3 is 2.53 bits per heavy atom. The van der Waals surface area contributed by atoms with Gasteiger partial charge in [0.05, 0.1) is 13.7 Å². The van der Waals surface area contributed by atoms with Crippen molar-refractivity contribution in [1.29, 1.82) is 0 Å². The summed E-state index contributed by atoms with van der Waals surface area (Å²) in [6.45, 7) is 0.292. The summed E-state index contributed by atoms with van der Waals surface area (Å²) in [7, 11) is 1.57. The lowest BCUT2D eigenvalue weighted by Crippen LogP contribution is -2.32. The quantitative estimate of drug-likeness (QED) is 0.218. The molecule has 1 heterocycles. The van der Waals surface area contributed by atoms with Crippen LogP contribution in [0.5, 0.6) is 5.75 Å². The second-order valence-corrected chi connectivity index (χ2v) is 7.74. The van der Waals surface area contributed by atoms with Gasteiger partial charge in [0, 0.05) is 30.1 Å². The summed E-state index contributed by atoms with van der Waals surface area (Å²) in [6, 6.07) is 21.1. The number of urea groups is 1. The third kappa shape index (κ3) is 7.10. The minimum absolute atomic E-state index is 0.292. The standard InChI is InChI=1S/C26H31N3O3/c1-32-24-15-9-14-23(19-24)28-26(30)29(31)18-8-3-2-7-16-25(21-11-5-4-6-12-21)22-13-10-17-27-20-22/h4-6,9-15,17,19-20,25,31H,2-3,7-8,16,18H2,1H3,(H,28,30). The van der Waals surface area contributed by atoms with E-state index in [1.807, 2.05) is 18.3 Å². The van der Waals surface area contributed by atoms with Crippen LogP contribution in [0.3, 0.4) is 0 Å². The van der Waals surface area contributed by atoms with Crippen molar-refractivity contribution in [2.75, 3.05) is 19.0 Å². The molecule has 3 rings (SSSR count). The smallest absolute Gasteiger partial charge is 0.345 e. The number of carbonyl (C=O) groups excluding carboxylic acids is 1. The first-order valence-electron chi connectivity index (χ1n) is 11.0. The average molecular weight is 434 g/mol. The molecule has 0 spiro atoms. The van der Waals surface area contributed by atoms with Crippen LogP contribution in [0.4, 0.5) is 10.5 Å². The highest BCUT2D eigenvalue weighted by Crippen LogP contribution is 2.29. The van der Waals surface area contributed by atoms with E-state index in [-0.39, 0.29) is 0 Å². The van der Waals surface area contributed by atoms with Gasteiger partial charge in [-0.15, -0.1) is 0 Å². The van der Waals surface area contributed by atoms with Crippen molar-refractivity contribution in [3.63, 3.8) is 0 Å². The van der Waals surface area contributed by atoms with Crippen molar-refractivity contribution in [1.82, 2.24) is 10.0 Å². The molecule has 6 nitrogen and oxygen atoms in total. The Morgan fingerprint density at radius 1 is 1.00 bits per heavy atom. The molecule has 2 N–H and O–H groups in total. The summed E-state index contributed by atoms with van der Waals surface area (Å²) in [6.07, 6.45) is 8.57. The number of methoxy groups -OCH3 is 1. The molecule has 32 heavy (non-hydrogen) atoms. The molecule has 168 valence electrons. The maximum Gasteiger partial charge on any atom is 0.345 e. The van der Waals surface area contributed by atoms with Gasteiger partial charge in [-0.1, -0.05) is 61.7 Å². The normalized spacial score (nSPS) is 11.6. The van der Waals surface area contributed by atoms with Crippen LogP contribution in [-0.2, 0) is 0 Å². The third-order valence-electron chi connectivity index (χ3n) is 5.46. The first kappa shape index (κ1) is 23.3. The fourth-order valence-corrected chi connectivity index (χ4v) is 3.75. The monoisotopic (exact) mass is 433 g/mol. The fourth-order valence-electron chi connectivity index (χ4n) is 3.75. The molecular formula is C26H31N3O3. The molecule has 0 saturated carbocycles. The van der Waals surface area contributed by atoms with E-state index in [0.29, 0.717) is 23.9 Å². The van der Waals surface area contributed by atoms with E-state index in [0.717, 1.165) is 37.2 Å². The largest absolute Gasteiger partial charge is 0.497 e. The number of amides is 2. The molecule has 1 atom stereocenters. The first-order valence-corrected chi connectivity index (χ1v) is 11.0. The van der Waals surface area contributed by atoms with Crippen LogP contribution in [0.25, 0.3) is 0 Å². The molecule has 0 saturated heterocycles. The highest BCUT2D eigenvalue weighted by molar-refractivity contribution is 5.88. The average Bonchev–Trinajstić information content (AvgIpc) is 2.84. The van der Waals surface area contributed by atoms with Gasteiger partial charge < -0.3 is 10.1 Å². The van der Waals surface area contributed by atoms with Gasteiger partial charge in [0.2, 0.25) is 0 Å². The summed E-state index contributed by atoms with van der Waals surface area (Å²) in [4.78, 5) is 16.4. The SMILES string of the molecule is COc1cccc(NC(=O)N(O)CCCCCCC(c2ccccc2)c2cccnc2)c1. The van der Waals surface area contributed by atoms with Crippen LogP contribution < -0.4 is 10.1 Å².